The van der Waals surface area contributed by atoms with Gasteiger partial charge in [-0.15, -0.1) is 6.42 Å². The van der Waals surface area contributed by atoms with Crippen LogP contribution >= 0.6 is 0 Å². The Bertz CT molecular complexity index is 293. The van der Waals surface area contributed by atoms with E-state index < -0.39 is 11.6 Å². The van der Waals surface area contributed by atoms with Gasteiger partial charge in [0.05, 0.1) is 0 Å². The van der Waals surface area contributed by atoms with E-state index in [2.05, 4.69) is 5.92 Å². The smallest absolute Gasteiger partial charge is 0.233 e. The van der Waals surface area contributed by atoms with Crippen molar-refractivity contribution in [3.05, 3.63) is 11.6 Å². The third-order valence-electron chi connectivity index (χ3n) is 2.72. The number of ether oxygens (including phenoxy) is 2. The van der Waals surface area contributed by atoms with Crippen molar-refractivity contribution >= 4 is 0 Å². The highest BCUT2D eigenvalue weighted by molar-refractivity contribution is 5.04. The molecule has 0 saturated heterocycles. The molecule has 0 aromatic carbocycles. The van der Waals surface area contributed by atoms with Gasteiger partial charge < -0.3 is 14.6 Å². The standard InChI is InChI=1S/C14H24O3/c1-7-13(5,16-6)17-14(15,8-2)11-9-10-12(3)4/h2,10,15H,7,9,11H2,1,3-6H3/t13-,14+/m1/s1. The normalized spacial score (nSPS) is 17.7. The van der Waals surface area contributed by atoms with E-state index in [1.54, 1.807) is 6.92 Å². The molecule has 0 unspecified atom stereocenters. The highest BCUT2D eigenvalue weighted by Gasteiger charge is 2.35. The zero-order chi connectivity index (χ0) is 13.5. The molecule has 2 atom stereocenters. The van der Waals surface area contributed by atoms with Crippen molar-refractivity contribution in [3.8, 4) is 12.3 Å². The molecule has 0 amide bonds. The van der Waals surface area contributed by atoms with Crippen LogP contribution in [0.4, 0.5) is 0 Å². The topological polar surface area (TPSA) is 38.7 Å². The third kappa shape index (κ3) is 5.88. The van der Waals surface area contributed by atoms with E-state index in [9.17, 15) is 5.11 Å². The fourth-order valence-electron chi connectivity index (χ4n) is 1.32. The highest BCUT2D eigenvalue weighted by atomic mass is 16.7. The van der Waals surface area contributed by atoms with Gasteiger partial charge >= 0.3 is 0 Å². The van der Waals surface area contributed by atoms with Crippen LogP contribution in [0.3, 0.4) is 0 Å². The van der Waals surface area contributed by atoms with Crippen molar-refractivity contribution in [1.82, 2.24) is 0 Å². The monoisotopic (exact) mass is 240 g/mol. The second-order valence-electron chi connectivity index (χ2n) is 4.54. The Morgan fingerprint density at radius 2 is 2.06 bits per heavy atom. The van der Waals surface area contributed by atoms with E-state index >= 15 is 0 Å². The second-order valence-corrected chi connectivity index (χ2v) is 4.54. The molecular formula is C14H24O3. The summed E-state index contributed by atoms with van der Waals surface area (Å²) in [5.41, 5.74) is 1.19. The molecule has 0 radical (unpaired) electrons. The van der Waals surface area contributed by atoms with Crippen LogP contribution in [0.25, 0.3) is 0 Å². The van der Waals surface area contributed by atoms with Gasteiger partial charge in [0, 0.05) is 13.5 Å². The lowest BCUT2D eigenvalue weighted by Gasteiger charge is -2.34. The number of hydrogen-bond donors (Lipinski definition) is 1. The minimum absolute atomic E-state index is 0.355. The van der Waals surface area contributed by atoms with Gasteiger partial charge in [-0.3, -0.25) is 0 Å². The van der Waals surface area contributed by atoms with Crippen LogP contribution in [0.5, 0.6) is 0 Å². The lowest BCUT2D eigenvalue weighted by molar-refractivity contribution is -0.313. The number of methoxy groups -OCH3 is 1. The Morgan fingerprint density at radius 1 is 1.47 bits per heavy atom. The molecule has 0 spiro atoms. The van der Waals surface area contributed by atoms with Crippen molar-refractivity contribution in [2.24, 2.45) is 0 Å². The first-order valence-corrected chi connectivity index (χ1v) is 5.89. The molecule has 0 aromatic heterocycles. The summed E-state index contributed by atoms with van der Waals surface area (Å²) in [5.74, 6) is -0.131. The quantitative estimate of drug-likeness (QED) is 0.422. The highest BCUT2D eigenvalue weighted by Crippen LogP contribution is 2.26. The Kier molecular flexibility index (Phi) is 6.48. The number of aliphatic hydroxyl groups is 1. The summed E-state index contributed by atoms with van der Waals surface area (Å²) in [6.07, 6.45) is 8.99. The summed E-state index contributed by atoms with van der Waals surface area (Å²) < 4.78 is 10.7. The van der Waals surface area contributed by atoms with Crippen molar-refractivity contribution in [2.45, 2.75) is 58.5 Å². The zero-order valence-electron chi connectivity index (χ0n) is 11.5. The Hall–Kier alpha value is -0.820. The fourth-order valence-corrected chi connectivity index (χ4v) is 1.32. The first kappa shape index (κ1) is 16.2. The molecule has 0 fully saturated rings. The molecule has 1 N–H and O–H groups in total. The van der Waals surface area contributed by atoms with Gasteiger partial charge in [-0.1, -0.05) is 18.6 Å². The molecule has 0 aliphatic carbocycles. The Labute approximate surface area is 105 Å². The van der Waals surface area contributed by atoms with Crippen molar-refractivity contribution < 1.29 is 14.6 Å². The Balaban J connectivity index is 4.58. The van der Waals surface area contributed by atoms with Crippen LogP contribution in [0.2, 0.25) is 0 Å². The number of rotatable bonds is 7. The molecule has 0 bridgehead atoms. The second kappa shape index (κ2) is 6.80. The van der Waals surface area contributed by atoms with Crippen LogP contribution < -0.4 is 0 Å². The van der Waals surface area contributed by atoms with E-state index in [-0.39, 0.29) is 0 Å². The first-order valence-electron chi connectivity index (χ1n) is 5.89. The van der Waals surface area contributed by atoms with Crippen molar-refractivity contribution in [2.75, 3.05) is 7.11 Å². The Morgan fingerprint density at radius 3 is 2.41 bits per heavy atom. The fraction of sp³-hybridized carbons (Fsp3) is 0.714. The molecule has 0 aliphatic rings. The van der Waals surface area contributed by atoms with Crippen LogP contribution in [-0.4, -0.2) is 23.8 Å². The summed E-state index contributed by atoms with van der Waals surface area (Å²) in [6.45, 7) is 7.68. The summed E-state index contributed by atoms with van der Waals surface area (Å²) in [6, 6.07) is 0. The average molecular weight is 240 g/mol. The van der Waals surface area contributed by atoms with Gasteiger partial charge in [0.25, 0.3) is 0 Å². The maximum Gasteiger partial charge on any atom is 0.233 e. The predicted molar refractivity (Wildman–Crippen MR) is 69.2 cm³/mol. The van der Waals surface area contributed by atoms with E-state index in [1.807, 2.05) is 26.8 Å². The molecule has 3 heteroatoms. The van der Waals surface area contributed by atoms with E-state index in [4.69, 9.17) is 15.9 Å². The number of terminal acetylenes is 1. The van der Waals surface area contributed by atoms with Crippen LogP contribution in [-0.2, 0) is 9.47 Å². The lowest BCUT2D eigenvalue weighted by atomic mass is 10.1. The largest absolute Gasteiger partial charge is 0.356 e. The number of hydrogen-bond acceptors (Lipinski definition) is 3. The molecule has 0 aliphatic heterocycles. The van der Waals surface area contributed by atoms with E-state index in [0.717, 1.165) is 0 Å². The predicted octanol–water partition coefficient (Wildman–Crippen LogP) is 2.84. The number of allylic oxidation sites excluding steroid dienone is 2. The molecule has 3 nitrogen and oxygen atoms in total. The summed E-state index contributed by atoms with van der Waals surface area (Å²) in [4.78, 5) is 0. The molecule has 0 heterocycles. The summed E-state index contributed by atoms with van der Waals surface area (Å²) in [5, 5.41) is 10.2. The van der Waals surface area contributed by atoms with Crippen molar-refractivity contribution in [1.29, 1.82) is 0 Å². The average Bonchev–Trinajstić information content (AvgIpc) is 2.28. The maximum absolute atomic E-state index is 10.2. The van der Waals surface area contributed by atoms with Gasteiger partial charge in [-0.25, -0.2) is 0 Å². The molecule has 0 saturated carbocycles. The van der Waals surface area contributed by atoms with Crippen LogP contribution in [0.1, 0.15) is 47.0 Å². The third-order valence-corrected chi connectivity index (χ3v) is 2.72. The van der Waals surface area contributed by atoms with Crippen LogP contribution in [0, 0.1) is 12.3 Å². The molecule has 0 aromatic rings. The van der Waals surface area contributed by atoms with Gasteiger partial charge in [0.15, 0.2) is 5.79 Å². The molecule has 17 heavy (non-hydrogen) atoms. The van der Waals surface area contributed by atoms with Gasteiger partial charge in [0.1, 0.15) is 0 Å². The minimum Gasteiger partial charge on any atom is -0.356 e. The molecule has 98 valence electrons. The minimum atomic E-state index is -1.58. The molecular weight excluding hydrogens is 216 g/mol. The SMILES string of the molecule is C#C[C@@](O)(CCC=C(C)C)O[C@](C)(CC)OC. The zero-order valence-corrected chi connectivity index (χ0v) is 11.5. The van der Waals surface area contributed by atoms with E-state index in [1.165, 1.54) is 12.7 Å². The first-order chi connectivity index (χ1) is 7.81. The van der Waals surface area contributed by atoms with Gasteiger partial charge in [-0.05, 0) is 39.5 Å². The molecule has 0 rings (SSSR count). The van der Waals surface area contributed by atoms with Gasteiger partial charge in [-0.2, -0.15) is 0 Å². The van der Waals surface area contributed by atoms with Crippen LogP contribution in [0.15, 0.2) is 11.6 Å². The lowest BCUT2D eigenvalue weighted by Crippen LogP contribution is -2.43. The van der Waals surface area contributed by atoms with Crippen molar-refractivity contribution in [3.63, 3.8) is 0 Å². The summed E-state index contributed by atoms with van der Waals surface area (Å²) in [7, 11) is 1.54. The van der Waals surface area contributed by atoms with E-state index in [0.29, 0.717) is 19.3 Å². The van der Waals surface area contributed by atoms with Gasteiger partial charge in [0.2, 0.25) is 5.79 Å². The summed E-state index contributed by atoms with van der Waals surface area (Å²) >= 11 is 0. The maximum atomic E-state index is 10.2.